The average Bonchev–Trinajstić information content (AvgIpc) is 2.80. The number of halogens is 1. The monoisotopic (exact) mass is 310 g/mol. The molecule has 2 heterocycles. The highest BCUT2D eigenvalue weighted by Crippen LogP contribution is 2.35. The molecule has 2 aromatic carbocycles. The smallest absolute Gasteiger partial charge is 0.114 e. The molecule has 0 bridgehead atoms. The molecule has 0 saturated carbocycles. The molecule has 22 heavy (non-hydrogen) atoms. The lowest BCUT2D eigenvalue weighted by Gasteiger charge is -2.23. The van der Waals surface area contributed by atoms with E-state index < -0.39 is 0 Å². The number of nitrogens with zero attached hydrogens (tertiary/aromatic N) is 4. The highest BCUT2D eigenvalue weighted by atomic mass is 35.5. The summed E-state index contributed by atoms with van der Waals surface area (Å²) in [5, 5.41) is 9.33. The summed E-state index contributed by atoms with van der Waals surface area (Å²) in [7, 11) is 0. The summed E-state index contributed by atoms with van der Waals surface area (Å²) in [6.07, 6.45) is 0. The van der Waals surface area contributed by atoms with Crippen LogP contribution in [0.25, 0.3) is 11.3 Å². The first kappa shape index (κ1) is 13.3. The summed E-state index contributed by atoms with van der Waals surface area (Å²) >= 11 is 6.48. The van der Waals surface area contributed by atoms with Crippen molar-refractivity contribution in [1.29, 1.82) is 0 Å². The molecule has 0 aliphatic carbocycles. The van der Waals surface area contributed by atoms with E-state index in [1.807, 2.05) is 41.9 Å². The van der Waals surface area contributed by atoms with E-state index in [0.29, 0.717) is 6.67 Å². The third-order valence-corrected chi connectivity index (χ3v) is 4.41. The predicted molar refractivity (Wildman–Crippen MR) is 87.8 cm³/mol. The van der Waals surface area contributed by atoms with Crippen molar-refractivity contribution in [1.82, 2.24) is 15.0 Å². The fourth-order valence-electron chi connectivity index (χ4n) is 2.99. The molecule has 0 spiro atoms. The van der Waals surface area contributed by atoms with Gasteiger partial charge in [-0.05, 0) is 30.7 Å². The summed E-state index contributed by atoms with van der Waals surface area (Å²) in [5.74, 6) is 0. The number of anilines is 1. The Labute approximate surface area is 133 Å². The molecule has 110 valence electrons. The largest absolute Gasteiger partial charge is 0.348 e. The number of hydrogen-bond donors (Lipinski definition) is 0. The molecule has 0 radical (unpaired) electrons. The normalized spacial score (nSPS) is 13.5. The maximum Gasteiger partial charge on any atom is 0.114 e. The topological polar surface area (TPSA) is 34.0 Å². The maximum absolute atomic E-state index is 6.48. The van der Waals surface area contributed by atoms with Gasteiger partial charge in [0.15, 0.2) is 0 Å². The lowest BCUT2D eigenvalue weighted by Crippen LogP contribution is -2.25. The van der Waals surface area contributed by atoms with Crippen molar-refractivity contribution in [3.63, 3.8) is 0 Å². The van der Waals surface area contributed by atoms with Gasteiger partial charge in [0.05, 0.1) is 11.4 Å². The molecule has 0 fully saturated rings. The molecular weight excluding hydrogens is 296 g/mol. The highest BCUT2D eigenvalue weighted by molar-refractivity contribution is 6.31. The second-order valence-corrected chi connectivity index (χ2v) is 5.87. The van der Waals surface area contributed by atoms with Crippen LogP contribution in [0.4, 0.5) is 5.69 Å². The predicted octanol–water partition coefficient (Wildman–Crippen LogP) is 3.88. The second-order valence-electron chi connectivity index (χ2n) is 5.46. The Morgan fingerprint density at radius 3 is 2.68 bits per heavy atom. The molecule has 4 nitrogen and oxygen atoms in total. The quantitative estimate of drug-likeness (QED) is 0.684. The molecule has 0 N–H and O–H groups in total. The third kappa shape index (κ3) is 2.07. The van der Waals surface area contributed by atoms with Gasteiger partial charge in [-0.15, -0.1) is 5.10 Å². The molecule has 0 unspecified atom stereocenters. The van der Waals surface area contributed by atoms with Gasteiger partial charge in [-0.25, -0.2) is 4.68 Å². The van der Waals surface area contributed by atoms with Crippen molar-refractivity contribution in [2.24, 2.45) is 0 Å². The Bertz CT molecular complexity index is 826. The highest BCUT2D eigenvalue weighted by Gasteiger charge is 2.24. The van der Waals surface area contributed by atoms with Gasteiger partial charge in [-0.2, -0.15) is 0 Å². The molecule has 0 atom stereocenters. The van der Waals surface area contributed by atoms with E-state index >= 15 is 0 Å². The van der Waals surface area contributed by atoms with Crippen LogP contribution in [-0.2, 0) is 13.2 Å². The van der Waals surface area contributed by atoms with Crippen LogP contribution in [0.1, 0.15) is 11.3 Å². The van der Waals surface area contributed by atoms with Gasteiger partial charge in [0.1, 0.15) is 6.67 Å². The minimum absolute atomic E-state index is 0.658. The first-order valence-electron chi connectivity index (χ1n) is 7.22. The Balaban J connectivity index is 1.92. The molecule has 1 aromatic heterocycles. The zero-order chi connectivity index (χ0) is 15.1. The van der Waals surface area contributed by atoms with E-state index in [2.05, 4.69) is 33.4 Å². The Morgan fingerprint density at radius 1 is 1.05 bits per heavy atom. The SMILES string of the molecule is Cc1nnn2c1-c1cccc(Cl)c1CN(c1ccccc1)C2. The average molecular weight is 311 g/mol. The number of benzene rings is 2. The van der Waals surface area contributed by atoms with Gasteiger partial charge < -0.3 is 4.90 Å². The van der Waals surface area contributed by atoms with Crippen molar-refractivity contribution < 1.29 is 0 Å². The van der Waals surface area contributed by atoms with Crippen LogP contribution in [0.3, 0.4) is 0 Å². The zero-order valence-corrected chi connectivity index (χ0v) is 13.0. The number of para-hydroxylation sites is 1. The molecule has 1 aliphatic heterocycles. The third-order valence-electron chi connectivity index (χ3n) is 4.05. The second kappa shape index (κ2) is 5.14. The summed E-state index contributed by atoms with van der Waals surface area (Å²) in [5.41, 5.74) is 5.37. The summed E-state index contributed by atoms with van der Waals surface area (Å²) in [6.45, 7) is 3.40. The van der Waals surface area contributed by atoms with Gasteiger partial charge in [-0.1, -0.05) is 47.1 Å². The van der Waals surface area contributed by atoms with E-state index in [1.165, 1.54) is 0 Å². The van der Waals surface area contributed by atoms with E-state index in [4.69, 9.17) is 11.6 Å². The molecule has 0 amide bonds. The fraction of sp³-hybridized carbons (Fsp3) is 0.176. The van der Waals surface area contributed by atoms with Gasteiger partial charge in [-0.3, -0.25) is 0 Å². The number of aromatic nitrogens is 3. The Hall–Kier alpha value is -2.33. The Morgan fingerprint density at radius 2 is 1.86 bits per heavy atom. The van der Waals surface area contributed by atoms with Crippen LogP contribution in [0.2, 0.25) is 5.02 Å². The first-order chi connectivity index (χ1) is 10.7. The van der Waals surface area contributed by atoms with Crippen LogP contribution in [0, 0.1) is 6.92 Å². The molecule has 1 aliphatic rings. The molecular formula is C17H15ClN4. The van der Waals surface area contributed by atoms with Crippen molar-refractivity contribution in [2.75, 3.05) is 4.90 Å². The van der Waals surface area contributed by atoms with Gasteiger partial charge in [0.2, 0.25) is 0 Å². The Kier molecular flexibility index (Phi) is 3.12. The van der Waals surface area contributed by atoms with Crippen molar-refractivity contribution >= 4 is 17.3 Å². The van der Waals surface area contributed by atoms with Gasteiger partial charge in [0.25, 0.3) is 0 Å². The standard InChI is InChI=1S/C17H15ClN4/c1-12-17-14-8-5-9-16(18)15(14)10-21(11-22(17)20-19-12)13-6-3-2-4-7-13/h2-9H,10-11H2,1H3. The van der Waals surface area contributed by atoms with Crippen LogP contribution in [0.15, 0.2) is 48.5 Å². The first-order valence-corrected chi connectivity index (χ1v) is 7.59. The summed E-state index contributed by atoms with van der Waals surface area (Å²) in [4.78, 5) is 2.26. The van der Waals surface area contributed by atoms with E-state index in [0.717, 1.165) is 39.8 Å². The molecule has 3 aromatic rings. The zero-order valence-electron chi connectivity index (χ0n) is 12.2. The lowest BCUT2D eigenvalue weighted by atomic mass is 10.0. The van der Waals surface area contributed by atoms with E-state index in [-0.39, 0.29) is 0 Å². The number of rotatable bonds is 1. The van der Waals surface area contributed by atoms with Gasteiger partial charge >= 0.3 is 0 Å². The minimum atomic E-state index is 0.658. The van der Waals surface area contributed by atoms with Crippen LogP contribution < -0.4 is 4.90 Å². The van der Waals surface area contributed by atoms with Crippen molar-refractivity contribution in [3.8, 4) is 11.3 Å². The minimum Gasteiger partial charge on any atom is -0.348 e. The maximum atomic E-state index is 6.48. The van der Waals surface area contributed by atoms with E-state index in [1.54, 1.807) is 0 Å². The van der Waals surface area contributed by atoms with Crippen LogP contribution in [0.5, 0.6) is 0 Å². The molecule has 0 saturated heterocycles. The molecule has 5 heteroatoms. The fourth-order valence-corrected chi connectivity index (χ4v) is 3.22. The van der Waals surface area contributed by atoms with E-state index in [9.17, 15) is 0 Å². The van der Waals surface area contributed by atoms with Crippen LogP contribution in [-0.4, -0.2) is 15.0 Å². The van der Waals surface area contributed by atoms with Crippen LogP contribution >= 0.6 is 11.6 Å². The number of aryl methyl sites for hydroxylation is 1. The summed E-state index contributed by atoms with van der Waals surface area (Å²) in [6, 6.07) is 16.3. The van der Waals surface area contributed by atoms with Crippen molar-refractivity contribution in [3.05, 3.63) is 64.8 Å². The van der Waals surface area contributed by atoms with Crippen molar-refractivity contribution in [2.45, 2.75) is 20.1 Å². The lowest BCUT2D eigenvalue weighted by molar-refractivity contribution is 0.569. The number of fused-ring (bicyclic) bond motifs is 3. The summed E-state index contributed by atoms with van der Waals surface area (Å²) < 4.78 is 1.95. The molecule has 4 rings (SSSR count). The van der Waals surface area contributed by atoms with Gasteiger partial charge in [0, 0.05) is 22.8 Å². The number of hydrogen-bond acceptors (Lipinski definition) is 3.